The molecule has 0 radical (unpaired) electrons. The predicted octanol–water partition coefficient (Wildman–Crippen LogP) is 2.89. The second kappa shape index (κ2) is 8.26. The zero-order valence-electron chi connectivity index (χ0n) is 14.3. The topological polar surface area (TPSA) is 66.5 Å². The molecule has 0 spiro atoms. The SMILES string of the molecule is C=CCN(CCC(=O)Nc1c(C)cccc1C(C)C)S(C)(=O)=O. The van der Waals surface area contributed by atoms with Crippen molar-refractivity contribution in [2.75, 3.05) is 24.7 Å². The van der Waals surface area contributed by atoms with Gasteiger partial charge in [-0.25, -0.2) is 8.42 Å². The Morgan fingerprint density at radius 3 is 2.57 bits per heavy atom. The van der Waals surface area contributed by atoms with Gasteiger partial charge < -0.3 is 5.32 Å². The zero-order valence-corrected chi connectivity index (χ0v) is 15.1. The molecule has 0 atom stereocenters. The summed E-state index contributed by atoms with van der Waals surface area (Å²) >= 11 is 0. The van der Waals surface area contributed by atoms with E-state index >= 15 is 0 Å². The highest BCUT2D eigenvalue weighted by Gasteiger charge is 2.17. The molecule has 0 fully saturated rings. The van der Waals surface area contributed by atoms with E-state index in [0.29, 0.717) is 5.92 Å². The van der Waals surface area contributed by atoms with Gasteiger partial charge in [0.15, 0.2) is 0 Å². The maximum absolute atomic E-state index is 12.2. The fourth-order valence-corrected chi connectivity index (χ4v) is 3.11. The fourth-order valence-electron chi connectivity index (χ4n) is 2.31. The molecule has 0 saturated carbocycles. The molecule has 0 heterocycles. The minimum absolute atomic E-state index is 0.104. The Morgan fingerprint density at radius 1 is 1.39 bits per heavy atom. The highest BCUT2D eigenvalue weighted by atomic mass is 32.2. The lowest BCUT2D eigenvalue weighted by Gasteiger charge is -2.19. The summed E-state index contributed by atoms with van der Waals surface area (Å²) in [4.78, 5) is 12.2. The van der Waals surface area contributed by atoms with E-state index in [0.717, 1.165) is 23.1 Å². The van der Waals surface area contributed by atoms with Crippen LogP contribution < -0.4 is 5.32 Å². The Kier molecular flexibility index (Phi) is 6.97. The number of rotatable bonds is 8. The first-order valence-corrected chi connectivity index (χ1v) is 9.47. The summed E-state index contributed by atoms with van der Waals surface area (Å²) in [6.45, 7) is 9.97. The van der Waals surface area contributed by atoms with Gasteiger partial charge in [-0.1, -0.05) is 38.1 Å². The number of para-hydroxylation sites is 1. The lowest BCUT2D eigenvalue weighted by atomic mass is 9.98. The van der Waals surface area contributed by atoms with Gasteiger partial charge in [0.25, 0.3) is 0 Å². The van der Waals surface area contributed by atoms with E-state index in [9.17, 15) is 13.2 Å². The Bertz CT molecular complexity index is 666. The van der Waals surface area contributed by atoms with Crippen molar-refractivity contribution in [3.8, 4) is 0 Å². The van der Waals surface area contributed by atoms with Crippen LogP contribution in [0.25, 0.3) is 0 Å². The molecule has 1 aromatic rings. The van der Waals surface area contributed by atoms with Crippen LogP contribution in [0.3, 0.4) is 0 Å². The number of benzene rings is 1. The van der Waals surface area contributed by atoms with E-state index in [2.05, 4.69) is 25.7 Å². The standard InChI is InChI=1S/C17H26N2O3S/c1-6-11-19(23(5,21)22)12-10-16(20)18-17-14(4)8-7-9-15(17)13(2)3/h6-9,13H,1,10-12H2,2-5H3,(H,18,20). The van der Waals surface area contributed by atoms with E-state index in [-0.39, 0.29) is 25.4 Å². The molecule has 0 saturated heterocycles. The highest BCUT2D eigenvalue weighted by molar-refractivity contribution is 7.88. The normalized spacial score (nSPS) is 11.7. The van der Waals surface area contributed by atoms with Crippen LogP contribution in [-0.2, 0) is 14.8 Å². The lowest BCUT2D eigenvalue weighted by molar-refractivity contribution is -0.116. The Hall–Kier alpha value is -1.66. The summed E-state index contributed by atoms with van der Waals surface area (Å²) in [5.41, 5.74) is 2.89. The average Bonchev–Trinajstić information content (AvgIpc) is 2.44. The minimum Gasteiger partial charge on any atom is -0.326 e. The number of carbonyl (C=O) groups excluding carboxylic acids is 1. The van der Waals surface area contributed by atoms with E-state index < -0.39 is 10.0 Å². The monoisotopic (exact) mass is 338 g/mol. The molecule has 6 heteroatoms. The molecule has 0 bridgehead atoms. The second-order valence-corrected chi connectivity index (χ2v) is 7.88. The van der Waals surface area contributed by atoms with Crippen LogP contribution in [-0.4, -0.2) is 38.0 Å². The summed E-state index contributed by atoms with van der Waals surface area (Å²) in [5.74, 6) is 0.0948. The van der Waals surface area contributed by atoms with Gasteiger partial charge in [0.05, 0.1) is 6.26 Å². The summed E-state index contributed by atoms with van der Waals surface area (Å²) in [7, 11) is -3.34. The van der Waals surface area contributed by atoms with Gasteiger partial charge in [-0.2, -0.15) is 4.31 Å². The van der Waals surface area contributed by atoms with Gasteiger partial charge in [-0.15, -0.1) is 6.58 Å². The molecular weight excluding hydrogens is 312 g/mol. The number of hydrogen-bond donors (Lipinski definition) is 1. The van der Waals surface area contributed by atoms with Gasteiger partial charge in [-0.3, -0.25) is 4.79 Å². The number of anilines is 1. The molecule has 0 aliphatic carbocycles. The quantitative estimate of drug-likeness (QED) is 0.741. The maximum atomic E-state index is 12.2. The molecule has 1 aromatic carbocycles. The van der Waals surface area contributed by atoms with Crippen LogP contribution in [0.4, 0.5) is 5.69 Å². The second-order valence-electron chi connectivity index (χ2n) is 5.90. The molecule has 5 nitrogen and oxygen atoms in total. The van der Waals surface area contributed by atoms with Gasteiger partial charge in [0, 0.05) is 25.2 Å². The van der Waals surface area contributed by atoms with E-state index in [1.54, 1.807) is 0 Å². The molecule has 0 aliphatic rings. The van der Waals surface area contributed by atoms with Crippen molar-refractivity contribution in [3.05, 3.63) is 42.0 Å². The van der Waals surface area contributed by atoms with Gasteiger partial charge in [0.1, 0.15) is 0 Å². The maximum Gasteiger partial charge on any atom is 0.225 e. The van der Waals surface area contributed by atoms with Crippen molar-refractivity contribution in [3.63, 3.8) is 0 Å². The largest absolute Gasteiger partial charge is 0.326 e. The molecule has 0 aromatic heterocycles. The summed E-state index contributed by atoms with van der Waals surface area (Å²) in [5, 5.41) is 2.92. The Labute approximate surface area is 139 Å². The summed E-state index contributed by atoms with van der Waals surface area (Å²) < 4.78 is 24.5. The number of sulfonamides is 1. The molecule has 1 amide bonds. The predicted molar refractivity (Wildman–Crippen MR) is 95.1 cm³/mol. The van der Waals surface area contributed by atoms with Crippen LogP contribution in [0.5, 0.6) is 0 Å². The summed E-state index contributed by atoms with van der Waals surface area (Å²) in [6, 6.07) is 5.91. The average molecular weight is 338 g/mol. The van der Waals surface area contributed by atoms with Crippen molar-refractivity contribution in [1.29, 1.82) is 0 Å². The molecule has 0 aliphatic heterocycles. The van der Waals surface area contributed by atoms with E-state index in [1.807, 2.05) is 25.1 Å². The Balaban J connectivity index is 2.80. The van der Waals surface area contributed by atoms with Crippen LogP contribution >= 0.6 is 0 Å². The van der Waals surface area contributed by atoms with Crippen molar-refractivity contribution < 1.29 is 13.2 Å². The van der Waals surface area contributed by atoms with Gasteiger partial charge in [0.2, 0.25) is 15.9 Å². The molecule has 0 unspecified atom stereocenters. The minimum atomic E-state index is -3.34. The first-order chi connectivity index (χ1) is 10.7. The van der Waals surface area contributed by atoms with Gasteiger partial charge >= 0.3 is 0 Å². The summed E-state index contributed by atoms with van der Waals surface area (Å²) in [6.07, 6.45) is 2.75. The lowest BCUT2D eigenvalue weighted by Crippen LogP contribution is -2.33. The molecular formula is C17H26N2O3S. The third-order valence-corrected chi connectivity index (χ3v) is 4.85. The molecule has 1 N–H and O–H groups in total. The fraction of sp³-hybridized carbons (Fsp3) is 0.471. The van der Waals surface area contributed by atoms with Crippen molar-refractivity contribution in [1.82, 2.24) is 4.31 Å². The van der Waals surface area contributed by atoms with Crippen molar-refractivity contribution in [2.45, 2.75) is 33.1 Å². The first kappa shape index (κ1) is 19.4. The van der Waals surface area contributed by atoms with Gasteiger partial charge in [-0.05, 0) is 24.0 Å². The number of hydrogen-bond acceptors (Lipinski definition) is 3. The van der Waals surface area contributed by atoms with E-state index in [4.69, 9.17) is 0 Å². The van der Waals surface area contributed by atoms with Crippen LogP contribution in [0.2, 0.25) is 0 Å². The third-order valence-electron chi connectivity index (χ3n) is 3.58. The van der Waals surface area contributed by atoms with E-state index in [1.165, 1.54) is 10.4 Å². The molecule has 23 heavy (non-hydrogen) atoms. The first-order valence-electron chi connectivity index (χ1n) is 7.62. The smallest absolute Gasteiger partial charge is 0.225 e. The Morgan fingerprint density at radius 2 is 2.04 bits per heavy atom. The number of nitrogens with one attached hydrogen (secondary N) is 1. The van der Waals surface area contributed by atoms with Crippen LogP contribution in [0.15, 0.2) is 30.9 Å². The number of nitrogens with zero attached hydrogens (tertiary/aromatic N) is 1. The van der Waals surface area contributed by atoms with Crippen molar-refractivity contribution >= 4 is 21.6 Å². The van der Waals surface area contributed by atoms with Crippen LogP contribution in [0, 0.1) is 6.92 Å². The van der Waals surface area contributed by atoms with Crippen molar-refractivity contribution in [2.24, 2.45) is 0 Å². The third kappa shape index (κ3) is 5.80. The highest BCUT2D eigenvalue weighted by Crippen LogP contribution is 2.27. The molecule has 128 valence electrons. The molecule has 1 rings (SSSR count). The zero-order chi connectivity index (χ0) is 17.6. The number of carbonyl (C=O) groups is 1. The number of amides is 1. The van der Waals surface area contributed by atoms with Crippen LogP contribution in [0.1, 0.15) is 37.3 Å². The number of aryl methyl sites for hydroxylation is 1.